The van der Waals surface area contributed by atoms with Crippen LogP contribution < -0.4 is 20.5 Å². The Balaban J connectivity index is 1.70. The topological polar surface area (TPSA) is 90.7 Å². The SMILES string of the molecule is CCOc1ccccc1OCC(=O)Nc1sc2c(c1C(N)=O)CCCCC2. The van der Waals surface area contributed by atoms with Gasteiger partial charge in [-0.2, -0.15) is 0 Å². The molecule has 144 valence electrons. The Morgan fingerprint density at radius 2 is 1.81 bits per heavy atom. The van der Waals surface area contributed by atoms with E-state index in [2.05, 4.69) is 5.32 Å². The molecule has 2 amide bonds. The quantitative estimate of drug-likeness (QED) is 0.710. The summed E-state index contributed by atoms with van der Waals surface area (Å²) in [4.78, 5) is 25.5. The molecule has 7 heteroatoms. The molecule has 0 fully saturated rings. The number of aryl methyl sites for hydroxylation is 1. The van der Waals surface area contributed by atoms with E-state index in [-0.39, 0.29) is 12.5 Å². The summed E-state index contributed by atoms with van der Waals surface area (Å²) in [6.07, 6.45) is 5.03. The van der Waals surface area contributed by atoms with Crippen LogP contribution in [0.25, 0.3) is 0 Å². The lowest BCUT2D eigenvalue weighted by molar-refractivity contribution is -0.118. The van der Waals surface area contributed by atoms with Gasteiger partial charge in [-0.05, 0) is 50.3 Å². The first-order chi connectivity index (χ1) is 13.1. The van der Waals surface area contributed by atoms with Crippen molar-refractivity contribution in [1.82, 2.24) is 0 Å². The van der Waals surface area contributed by atoms with Crippen molar-refractivity contribution in [1.29, 1.82) is 0 Å². The third-order valence-corrected chi connectivity index (χ3v) is 5.64. The lowest BCUT2D eigenvalue weighted by atomic mass is 10.1. The Hall–Kier alpha value is -2.54. The van der Waals surface area contributed by atoms with Gasteiger partial charge in [-0.3, -0.25) is 9.59 Å². The van der Waals surface area contributed by atoms with Crippen molar-refractivity contribution in [3.05, 3.63) is 40.3 Å². The Labute approximate surface area is 162 Å². The molecule has 0 saturated heterocycles. The van der Waals surface area contributed by atoms with E-state index >= 15 is 0 Å². The summed E-state index contributed by atoms with van der Waals surface area (Å²) in [6, 6.07) is 7.20. The average Bonchev–Trinajstić information content (AvgIpc) is 2.82. The average molecular weight is 388 g/mol. The van der Waals surface area contributed by atoms with Crippen LogP contribution in [0.1, 0.15) is 47.0 Å². The predicted molar refractivity (Wildman–Crippen MR) is 106 cm³/mol. The summed E-state index contributed by atoms with van der Waals surface area (Å²) in [5.74, 6) is 0.271. The van der Waals surface area contributed by atoms with Crippen molar-refractivity contribution in [3.63, 3.8) is 0 Å². The first kappa shape index (κ1) is 19.2. The predicted octanol–water partition coefficient (Wildman–Crippen LogP) is 3.53. The Kier molecular flexibility index (Phi) is 6.34. The number of hydrogen-bond acceptors (Lipinski definition) is 5. The molecule has 6 nitrogen and oxygen atoms in total. The first-order valence-electron chi connectivity index (χ1n) is 9.19. The second-order valence-electron chi connectivity index (χ2n) is 6.35. The van der Waals surface area contributed by atoms with E-state index in [1.54, 1.807) is 12.1 Å². The molecule has 0 radical (unpaired) electrons. The molecule has 2 aromatic rings. The molecule has 1 aliphatic carbocycles. The lowest BCUT2D eigenvalue weighted by Gasteiger charge is -2.11. The number of ether oxygens (including phenoxy) is 2. The van der Waals surface area contributed by atoms with Gasteiger partial charge in [0.15, 0.2) is 18.1 Å². The number of para-hydroxylation sites is 2. The molecule has 3 N–H and O–H groups in total. The molecular weight excluding hydrogens is 364 g/mol. The highest BCUT2D eigenvalue weighted by molar-refractivity contribution is 7.17. The molecule has 1 aliphatic rings. The molecule has 1 aromatic carbocycles. The maximum absolute atomic E-state index is 12.4. The molecule has 0 bridgehead atoms. The molecule has 1 aromatic heterocycles. The number of carbonyl (C=O) groups is 2. The maximum Gasteiger partial charge on any atom is 0.262 e. The number of nitrogens with one attached hydrogen (secondary N) is 1. The highest BCUT2D eigenvalue weighted by Crippen LogP contribution is 2.37. The second-order valence-corrected chi connectivity index (χ2v) is 7.45. The molecule has 0 unspecified atom stereocenters. The fourth-order valence-electron chi connectivity index (χ4n) is 3.24. The number of anilines is 1. The zero-order valence-electron chi connectivity index (χ0n) is 15.4. The van der Waals surface area contributed by atoms with Crippen LogP contribution in [0.2, 0.25) is 0 Å². The summed E-state index contributed by atoms with van der Waals surface area (Å²) in [5, 5.41) is 3.33. The number of thiophene rings is 1. The van der Waals surface area contributed by atoms with Crippen LogP contribution in [0.4, 0.5) is 5.00 Å². The van der Waals surface area contributed by atoms with Crippen molar-refractivity contribution in [2.24, 2.45) is 5.73 Å². The number of nitrogens with two attached hydrogens (primary N) is 1. The Morgan fingerprint density at radius 3 is 2.52 bits per heavy atom. The van der Waals surface area contributed by atoms with E-state index in [0.717, 1.165) is 42.5 Å². The van der Waals surface area contributed by atoms with Gasteiger partial charge in [-0.25, -0.2) is 0 Å². The van der Waals surface area contributed by atoms with Gasteiger partial charge in [-0.15, -0.1) is 11.3 Å². The number of primary amides is 1. The summed E-state index contributed by atoms with van der Waals surface area (Å²) in [6.45, 7) is 2.22. The van der Waals surface area contributed by atoms with Crippen LogP contribution in [0.15, 0.2) is 24.3 Å². The maximum atomic E-state index is 12.4. The zero-order chi connectivity index (χ0) is 19.2. The van der Waals surface area contributed by atoms with Gasteiger partial charge in [0.25, 0.3) is 11.8 Å². The fraction of sp³-hybridized carbons (Fsp3) is 0.400. The first-order valence-corrected chi connectivity index (χ1v) is 10.0. The van der Waals surface area contributed by atoms with Crippen LogP contribution in [0, 0.1) is 0 Å². The molecule has 3 rings (SSSR count). The van der Waals surface area contributed by atoms with Crippen molar-refractivity contribution < 1.29 is 19.1 Å². The van der Waals surface area contributed by atoms with E-state index in [1.807, 2.05) is 19.1 Å². The van der Waals surface area contributed by atoms with Crippen LogP contribution in [0.5, 0.6) is 11.5 Å². The summed E-state index contributed by atoms with van der Waals surface area (Å²) in [5.41, 5.74) is 7.06. The van der Waals surface area contributed by atoms with Gasteiger partial charge in [-0.1, -0.05) is 18.6 Å². The molecule has 0 atom stereocenters. The van der Waals surface area contributed by atoms with Gasteiger partial charge < -0.3 is 20.5 Å². The molecule has 27 heavy (non-hydrogen) atoms. The Morgan fingerprint density at radius 1 is 1.11 bits per heavy atom. The van der Waals surface area contributed by atoms with Gasteiger partial charge in [0.05, 0.1) is 12.2 Å². The summed E-state index contributed by atoms with van der Waals surface area (Å²) >= 11 is 1.45. The van der Waals surface area contributed by atoms with Crippen molar-refractivity contribution >= 4 is 28.2 Å². The smallest absolute Gasteiger partial charge is 0.262 e. The van der Waals surface area contributed by atoms with Gasteiger partial charge >= 0.3 is 0 Å². The minimum absolute atomic E-state index is 0.176. The third kappa shape index (κ3) is 4.60. The molecule has 0 saturated carbocycles. The van der Waals surface area contributed by atoms with E-state index in [4.69, 9.17) is 15.2 Å². The molecule has 1 heterocycles. The molecular formula is C20H24N2O4S. The largest absolute Gasteiger partial charge is 0.490 e. The minimum Gasteiger partial charge on any atom is -0.490 e. The van der Waals surface area contributed by atoms with E-state index < -0.39 is 5.91 Å². The van der Waals surface area contributed by atoms with E-state index in [1.165, 1.54) is 11.3 Å². The number of carbonyl (C=O) groups excluding carboxylic acids is 2. The van der Waals surface area contributed by atoms with Crippen molar-refractivity contribution in [2.45, 2.75) is 39.0 Å². The van der Waals surface area contributed by atoms with E-state index in [9.17, 15) is 9.59 Å². The van der Waals surface area contributed by atoms with Crippen LogP contribution in [0.3, 0.4) is 0 Å². The van der Waals surface area contributed by atoms with Gasteiger partial charge in [0.1, 0.15) is 5.00 Å². The van der Waals surface area contributed by atoms with Crippen LogP contribution in [-0.4, -0.2) is 25.0 Å². The number of benzene rings is 1. The zero-order valence-corrected chi connectivity index (χ0v) is 16.2. The van der Waals surface area contributed by atoms with Gasteiger partial charge in [0.2, 0.25) is 0 Å². The number of hydrogen-bond donors (Lipinski definition) is 2. The van der Waals surface area contributed by atoms with Crippen molar-refractivity contribution in [3.8, 4) is 11.5 Å². The number of amides is 2. The number of fused-ring (bicyclic) bond motifs is 1. The molecule has 0 spiro atoms. The lowest BCUT2D eigenvalue weighted by Crippen LogP contribution is -2.22. The third-order valence-electron chi connectivity index (χ3n) is 4.43. The highest BCUT2D eigenvalue weighted by Gasteiger charge is 2.24. The van der Waals surface area contributed by atoms with E-state index in [0.29, 0.717) is 28.7 Å². The normalized spacial score (nSPS) is 13.4. The minimum atomic E-state index is -0.493. The number of rotatable bonds is 7. The highest BCUT2D eigenvalue weighted by atomic mass is 32.1. The second kappa shape index (κ2) is 8.90. The van der Waals surface area contributed by atoms with Crippen molar-refractivity contribution in [2.75, 3.05) is 18.5 Å². The summed E-state index contributed by atoms with van der Waals surface area (Å²) in [7, 11) is 0. The van der Waals surface area contributed by atoms with Gasteiger partial charge in [0, 0.05) is 4.88 Å². The monoisotopic (exact) mass is 388 g/mol. The standard InChI is InChI=1S/C20H24N2O4S/c1-2-25-14-9-6-7-10-15(14)26-12-17(23)22-20-18(19(21)24)13-8-4-3-5-11-16(13)27-20/h6-7,9-10H,2-5,8,11-12H2,1H3,(H2,21,24)(H,22,23). The molecule has 0 aliphatic heterocycles. The van der Waals surface area contributed by atoms with Crippen LogP contribution in [-0.2, 0) is 17.6 Å². The van der Waals surface area contributed by atoms with Crippen LogP contribution >= 0.6 is 11.3 Å². The Bertz CT molecular complexity index is 831. The summed E-state index contributed by atoms with van der Waals surface area (Å²) < 4.78 is 11.1. The fourth-order valence-corrected chi connectivity index (χ4v) is 4.55.